The number of amides is 2. The highest BCUT2D eigenvalue weighted by molar-refractivity contribution is 5.96. The Morgan fingerprint density at radius 3 is 2.18 bits per heavy atom. The van der Waals surface area contributed by atoms with Gasteiger partial charge in [0.1, 0.15) is 0 Å². The van der Waals surface area contributed by atoms with Crippen molar-refractivity contribution in [2.24, 2.45) is 0 Å². The Kier molecular flexibility index (Phi) is 5.05. The van der Waals surface area contributed by atoms with Crippen LogP contribution in [0.5, 0.6) is 0 Å². The number of hydrogen-bond acceptors (Lipinski definition) is 2. The Labute approximate surface area is 126 Å². The summed E-state index contributed by atoms with van der Waals surface area (Å²) in [6, 6.07) is 3.90. The summed E-state index contributed by atoms with van der Waals surface area (Å²) in [6.07, 6.45) is -1.42. The third-order valence-corrected chi connectivity index (χ3v) is 3.58. The van der Waals surface area contributed by atoms with Gasteiger partial charge in [-0.15, -0.1) is 0 Å². The van der Waals surface area contributed by atoms with E-state index < -0.39 is 17.6 Å². The Bertz CT molecular complexity index is 535. The van der Waals surface area contributed by atoms with Crippen molar-refractivity contribution >= 4 is 11.8 Å². The van der Waals surface area contributed by atoms with Crippen molar-refractivity contribution in [3.05, 3.63) is 35.4 Å². The fourth-order valence-electron chi connectivity index (χ4n) is 2.32. The van der Waals surface area contributed by atoms with Crippen LogP contribution < -0.4 is 5.32 Å². The number of rotatable bonds is 3. The highest BCUT2D eigenvalue weighted by Gasteiger charge is 2.30. The van der Waals surface area contributed by atoms with Gasteiger partial charge in [0.2, 0.25) is 5.91 Å². The number of carbonyl (C=O) groups excluding carboxylic acids is 2. The van der Waals surface area contributed by atoms with Crippen molar-refractivity contribution < 1.29 is 22.8 Å². The first-order valence-corrected chi connectivity index (χ1v) is 7.11. The largest absolute Gasteiger partial charge is 0.416 e. The van der Waals surface area contributed by atoms with Crippen LogP contribution in [0.15, 0.2) is 24.3 Å². The molecule has 0 bridgehead atoms. The average molecular weight is 314 g/mol. The Morgan fingerprint density at radius 1 is 1.05 bits per heavy atom. The third kappa shape index (κ3) is 4.22. The van der Waals surface area contributed by atoms with Crippen molar-refractivity contribution in [3.63, 3.8) is 0 Å². The minimum Gasteiger partial charge on any atom is -0.343 e. The van der Waals surface area contributed by atoms with Gasteiger partial charge in [0.15, 0.2) is 0 Å². The lowest BCUT2D eigenvalue weighted by molar-refractivity contribution is -0.137. The molecule has 1 N–H and O–H groups in total. The molecule has 0 saturated carbocycles. The minimum atomic E-state index is -4.43. The average Bonchev–Trinajstić information content (AvgIpc) is 2.52. The number of piperidine rings is 1. The molecule has 1 heterocycles. The topological polar surface area (TPSA) is 49.4 Å². The summed E-state index contributed by atoms with van der Waals surface area (Å²) >= 11 is 0. The molecule has 1 aliphatic rings. The molecule has 1 aromatic carbocycles. The second kappa shape index (κ2) is 6.81. The molecule has 0 unspecified atom stereocenters. The predicted octanol–water partition coefficient (Wildman–Crippen LogP) is 2.45. The number of carbonyl (C=O) groups is 2. The summed E-state index contributed by atoms with van der Waals surface area (Å²) in [5, 5.41) is 2.44. The first-order chi connectivity index (χ1) is 10.4. The fourth-order valence-corrected chi connectivity index (χ4v) is 2.32. The molecule has 1 aromatic rings. The lowest BCUT2D eigenvalue weighted by atomic mass is 10.1. The van der Waals surface area contributed by atoms with Gasteiger partial charge < -0.3 is 10.2 Å². The van der Waals surface area contributed by atoms with Crippen molar-refractivity contribution in [2.45, 2.75) is 25.4 Å². The van der Waals surface area contributed by atoms with Crippen molar-refractivity contribution in [2.75, 3.05) is 19.6 Å². The molecule has 0 atom stereocenters. The first-order valence-electron chi connectivity index (χ1n) is 7.11. The minimum absolute atomic E-state index is 0.0967. The van der Waals surface area contributed by atoms with E-state index in [0.717, 1.165) is 43.5 Å². The van der Waals surface area contributed by atoms with Crippen molar-refractivity contribution in [1.29, 1.82) is 0 Å². The van der Waals surface area contributed by atoms with Gasteiger partial charge in [0, 0.05) is 18.7 Å². The van der Waals surface area contributed by atoms with Crippen molar-refractivity contribution in [3.8, 4) is 0 Å². The number of halogens is 3. The van der Waals surface area contributed by atoms with Gasteiger partial charge in [-0.2, -0.15) is 13.2 Å². The van der Waals surface area contributed by atoms with Crippen LogP contribution in [0, 0.1) is 0 Å². The molecule has 1 fully saturated rings. The number of alkyl halides is 3. The molecule has 0 aliphatic carbocycles. The van der Waals surface area contributed by atoms with Gasteiger partial charge in [-0.1, -0.05) is 0 Å². The first kappa shape index (κ1) is 16.3. The molecule has 7 heteroatoms. The van der Waals surface area contributed by atoms with Crippen LogP contribution in [0.3, 0.4) is 0 Å². The normalized spacial score (nSPS) is 15.5. The van der Waals surface area contributed by atoms with Crippen molar-refractivity contribution in [1.82, 2.24) is 10.2 Å². The van der Waals surface area contributed by atoms with E-state index in [9.17, 15) is 22.8 Å². The van der Waals surface area contributed by atoms with Crippen LogP contribution in [0.1, 0.15) is 35.2 Å². The van der Waals surface area contributed by atoms with Crippen LogP contribution >= 0.6 is 0 Å². The van der Waals surface area contributed by atoms with Crippen LogP contribution in [0.2, 0.25) is 0 Å². The van der Waals surface area contributed by atoms with Gasteiger partial charge in [0.05, 0.1) is 12.1 Å². The molecular formula is C15H17F3N2O2. The SMILES string of the molecule is O=C(NCC(=O)N1CCCCC1)c1ccc(C(F)(F)F)cc1. The van der Waals surface area contributed by atoms with Gasteiger partial charge in [-0.05, 0) is 43.5 Å². The van der Waals surface area contributed by atoms with E-state index in [2.05, 4.69) is 5.32 Å². The fraction of sp³-hybridized carbons (Fsp3) is 0.467. The summed E-state index contributed by atoms with van der Waals surface area (Å²) in [5.74, 6) is -0.723. The molecule has 0 aromatic heterocycles. The molecule has 0 spiro atoms. The quantitative estimate of drug-likeness (QED) is 0.931. The summed E-state index contributed by atoms with van der Waals surface area (Å²) < 4.78 is 37.3. The highest BCUT2D eigenvalue weighted by atomic mass is 19.4. The zero-order chi connectivity index (χ0) is 16.2. The van der Waals surface area contributed by atoms with E-state index in [1.54, 1.807) is 4.90 Å². The van der Waals surface area contributed by atoms with E-state index in [0.29, 0.717) is 13.1 Å². The number of benzene rings is 1. The predicted molar refractivity (Wildman–Crippen MR) is 74.2 cm³/mol. The summed E-state index contributed by atoms with van der Waals surface area (Å²) in [7, 11) is 0. The highest BCUT2D eigenvalue weighted by Crippen LogP contribution is 2.29. The maximum absolute atomic E-state index is 12.4. The van der Waals surface area contributed by atoms with Gasteiger partial charge >= 0.3 is 6.18 Å². The molecule has 2 rings (SSSR count). The Morgan fingerprint density at radius 2 is 1.64 bits per heavy atom. The van der Waals surface area contributed by atoms with E-state index in [1.165, 1.54) is 0 Å². The summed E-state index contributed by atoms with van der Waals surface area (Å²) in [5.41, 5.74) is -0.715. The number of hydrogen-bond donors (Lipinski definition) is 1. The van der Waals surface area contributed by atoms with Gasteiger partial charge in [-0.25, -0.2) is 0 Å². The van der Waals surface area contributed by atoms with Crippen LogP contribution in [0.25, 0.3) is 0 Å². The molecule has 120 valence electrons. The molecule has 1 saturated heterocycles. The van der Waals surface area contributed by atoms with E-state index in [1.807, 2.05) is 0 Å². The monoisotopic (exact) mass is 314 g/mol. The molecule has 2 amide bonds. The second-order valence-corrected chi connectivity index (χ2v) is 5.20. The zero-order valence-electron chi connectivity index (χ0n) is 11.9. The maximum Gasteiger partial charge on any atom is 0.416 e. The number of nitrogens with zero attached hydrogens (tertiary/aromatic N) is 1. The standard InChI is InChI=1S/C15H17F3N2O2/c16-15(17,18)12-6-4-11(5-7-12)14(22)19-10-13(21)20-8-2-1-3-9-20/h4-7H,1-3,8-10H2,(H,19,22). The number of likely N-dealkylation sites (tertiary alicyclic amines) is 1. The van der Waals surface area contributed by atoms with Crippen LogP contribution in [0.4, 0.5) is 13.2 Å². The lowest BCUT2D eigenvalue weighted by Crippen LogP contribution is -2.42. The molecule has 0 radical (unpaired) electrons. The summed E-state index contributed by atoms with van der Waals surface area (Å²) in [6.45, 7) is 1.24. The third-order valence-electron chi connectivity index (χ3n) is 3.58. The van der Waals surface area contributed by atoms with Crippen LogP contribution in [-0.2, 0) is 11.0 Å². The molecule has 1 aliphatic heterocycles. The van der Waals surface area contributed by atoms with Crippen LogP contribution in [-0.4, -0.2) is 36.3 Å². The Hall–Kier alpha value is -2.05. The Balaban J connectivity index is 1.88. The molecule has 22 heavy (non-hydrogen) atoms. The van der Waals surface area contributed by atoms with E-state index in [4.69, 9.17) is 0 Å². The number of nitrogens with one attached hydrogen (secondary N) is 1. The van der Waals surface area contributed by atoms with E-state index in [-0.39, 0.29) is 18.0 Å². The smallest absolute Gasteiger partial charge is 0.343 e. The van der Waals surface area contributed by atoms with Gasteiger partial charge in [-0.3, -0.25) is 9.59 Å². The summed E-state index contributed by atoms with van der Waals surface area (Å²) in [4.78, 5) is 25.4. The maximum atomic E-state index is 12.4. The van der Waals surface area contributed by atoms with E-state index >= 15 is 0 Å². The zero-order valence-corrected chi connectivity index (χ0v) is 11.9. The lowest BCUT2D eigenvalue weighted by Gasteiger charge is -2.26. The molecule has 4 nitrogen and oxygen atoms in total. The van der Waals surface area contributed by atoms with Gasteiger partial charge in [0.25, 0.3) is 5.91 Å². The second-order valence-electron chi connectivity index (χ2n) is 5.20. The molecular weight excluding hydrogens is 297 g/mol.